The smallest absolute Gasteiger partial charge is 0.256 e. The van der Waals surface area contributed by atoms with E-state index in [4.69, 9.17) is 4.74 Å². The molecule has 2 aromatic rings. The van der Waals surface area contributed by atoms with E-state index in [0.29, 0.717) is 24.2 Å². The van der Waals surface area contributed by atoms with Gasteiger partial charge < -0.3 is 4.74 Å². The summed E-state index contributed by atoms with van der Waals surface area (Å²) in [6.45, 7) is 0.471. The number of halogens is 2. The molecule has 0 bridgehead atoms. The molecule has 0 unspecified atom stereocenters. The maximum absolute atomic E-state index is 14.1. The van der Waals surface area contributed by atoms with Gasteiger partial charge in [0, 0.05) is 50.0 Å². The van der Waals surface area contributed by atoms with Crippen LogP contribution in [0.2, 0.25) is 0 Å². The molecule has 0 amide bonds. The van der Waals surface area contributed by atoms with Crippen molar-refractivity contribution in [3.8, 4) is 5.75 Å². The Bertz CT molecular complexity index is 998. The van der Waals surface area contributed by atoms with Crippen molar-refractivity contribution >= 4 is 9.84 Å². The number of benzene rings is 1. The Morgan fingerprint density at radius 1 is 1.31 bits per heavy atom. The Morgan fingerprint density at radius 3 is 2.54 bits per heavy atom. The van der Waals surface area contributed by atoms with Gasteiger partial charge >= 0.3 is 0 Å². The highest BCUT2D eigenvalue weighted by Gasteiger charge is 2.25. The van der Waals surface area contributed by atoms with Crippen molar-refractivity contribution in [3.63, 3.8) is 0 Å². The quantitative estimate of drug-likeness (QED) is 0.790. The molecule has 0 radical (unpaired) electrons. The van der Waals surface area contributed by atoms with Crippen molar-refractivity contribution in [3.05, 3.63) is 50.9 Å². The van der Waals surface area contributed by atoms with Crippen molar-refractivity contribution in [2.24, 2.45) is 0 Å². The van der Waals surface area contributed by atoms with Gasteiger partial charge in [0.15, 0.2) is 0 Å². The maximum atomic E-state index is 14.1. The fourth-order valence-electron chi connectivity index (χ4n) is 2.84. The van der Waals surface area contributed by atoms with Gasteiger partial charge in [0.1, 0.15) is 17.4 Å². The lowest BCUT2D eigenvalue weighted by Crippen LogP contribution is -2.36. The molecule has 0 fully saturated rings. The monoisotopic (exact) mass is 385 g/mol. The molecule has 140 valence electrons. The number of aromatic amines is 1. The van der Waals surface area contributed by atoms with E-state index < -0.39 is 27.0 Å². The predicted molar refractivity (Wildman–Crippen MR) is 88.7 cm³/mol. The zero-order chi connectivity index (χ0) is 19.1. The molecular formula is C16H17F2N3O4S. The minimum Gasteiger partial charge on any atom is -0.497 e. The van der Waals surface area contributed by atoms with E-state index in [1.165, 1.54) is 7.11 Å². The normalized spacial score (nSPS) is 14.9. The summed E-state index contributed by atoms with van der Waals surface area (Å²) in [5, 5.41) is -0.373. The lowest BCUT2D eigenvalue weighted by molar-refractivity contribution is 0.233. The van der Waals surface area contributed by atoms with Crippen LogP contribution in [0.4, 0.5) is 8.78 Å². The number of fused-ring (bicyclic) bond motifs is 1. The third kappa shape index (κ3) is 3.61. The van der Waals surface area contributed by atoms with Crippen LogP contribution in [-0.2, 0) is 29.3 Å². The fourth-order valence-corrected chi connectivity index (χ4v) is 3.40. The molecule has 1 aliphatic rings. The average molecular weight is 385 g/mol. The number of nitrogens with zero attached hydrogens (tertiary/aromatic N) is 2. The standard InChI is InChI=1S/C16H17F2N3O4S/c1-25-9-5-12(17)10(13(18)6-9)7-21-4-3-14-11(8-21)15(22)20-16(19-14)26(2,23)24/h5-6H,3-4,7-8H2,1-2H3,(H,19,20,22). The van der Waals surface area contributed by atoms with E-state index in [-0.39, 0.29) is 29.6 Å². The van der Waals surface area contributed by atoms with Gasteiger partial charge in [-0.2, -0.15) is 0 Å². The van der Waals surface area contributed by atoms with Gasteiger partial charge in [-0.05, 0) is 0 Å². The summed E-state index contributed by atoms with van der Waals surface area (Å²) in [5.41, 5.74) is 0.0151. The van der Waals surface area contributed by atoms with Crippen LogP contribution in [-0.4, -0.2) is 43.2 Å². The number of sulfone groups is 1. The van der Waals surface area contributed by atoms with E-state index in [9.17, 15) is 22.0 Å². The van der Waals surface area contributed by atoms with E-state index in [2.05, 4.69) is 9.97 Å². The second-order valence-electron chi connectivity index (χ2n) is 6.10. The van der Waals surface area contributed by atoms with Crippen LogP contribution in [0.5, 0.6) is 5.75 Å². The van der Waals surface area contributed by atoms with Crippen LogP contribution in [0.25, 0.3) is 0 Å². The third-order valence-corrected chi connectivity index (χ3v) is 5.10. The first-order valence-corrected chi connectivity index (χ1v) is 9.64. The highest BCUT2D eigenvalue weighted by atomic mass is 32.2. The summed E-state index contributed by atoms with van der Waals surface area (Å²) in [6, 6.07) is 2.20. The minimum atomic E-state index is -3.63. The number of ether oxygens (including phenoxy) is 1. The second-order valence-corrected chi connectivity index (χ2v) is 8.03. The lowest BCUT2D eigenvalue weighted by atomic mass is 10.1. The Morgan fingerprint density at radius 2 is 1.96 bits per heavy atom. The topological polar surface area (TPSA) is 92.4 Å². The van der Waals surface area contributed by atoms with Crippen LogP contribution in [0.3, 0.4) is 0 Å². The summed E-state index contributed by atoms with van der Waals surface area (Å²) >= 11 is 0. The van der Waals surface area contributed by atoms with Gasteiger partial charge in [-0.15, -0.1) is 0 Å². The molecule has 1 aromatic heterocycles. The Kier molecular flexibility index (Phi) is 4.80. The molecule has 1 aliphatic heterocycles. The number of methoxy groups -OCH3 is 1. The molecule has 0 spiro atoms. The van der Waals surface area contributed by atoms with Crippen LogP contribution < -0.4 is 10.3 Å². The summed E-state index contributed by atoms with van der Waals surface area (Å²) in [4.78, 5) is 20.2. The molecule has 3 rings (SSSR count). The van der Waals surface area contributed by atoms with Crippen molar-refractivity contribution in [2.75, 3.05) is 19.9 Å². The van der Waals surface area contributed by atoms with Crippen LogP contribution in [0.1, 0.15) is 16.8 Å². The molecule has 0 saturated heterocycles. The van der Waals surface area contributed by atoms with Crippen LogP contribution in [0.15, 0.2) is 22.1 Å². The van der Waals surface area contributed by atoms with Crippen molar-refractivity contribution in [1.29, 1.82) is 0 Å². The number of hydrogen-bond donors (Lipinski definition) is 1. The van der Waals surface area contributed by atoms with Gasteiger partial charge in [-0.3, -0.25) is 14.7 Å². The minimum absolute atomic E-state index is 0.0334. The summed E-state index contributed by atoms with van der Waals surface area (Å²) < 4.78 is 56.2. The molecule has 2 heterocycles. The Labute approximate surface area is 148 Å². The number of nitrogens with one attached hydrogen (secondary N) is 1. The average Bonchev–Trinajstić information content (AvgIpc) is 2.57. The van der Waals surface area contributed by atoms with Crippen LogP contribution in [0, 0.1) is 11.6 Å². The Hall–Kier alpha value is -2.33. The molecule has 1 aromatic carbocycles. The largest absolute Gasteiger partial charge is 0.497 e. The summed E-state index contributed by atoms with van der Waals surface area (Å²) in [6.07, 6.45) is 1.27. The van der Waals surface area contributed by atoms with Crippen molar-refractivity contribution < 1.29 is 21.9 Å². The van der Waals surface area contributed by atoms with Crippen LogP contribution >= 0.6 is 0 Å². The maximum Gasteiger partial charge on any atom is 0.256 e. The number of H-pyrrole nitrogens is 1. The molecule has 26 heavy (non-hydrogen) atoms. The van der Waals surface area contributed by atoms with E-state index in [1.54, 1.807) is 4.90 Å². The van der Waals surface area contributed by atoms with E-state index in [0.717, 1.165) is 18.4 Å². The second kappa shape index (κ2) is 6.76. The molecule has 10 heteroatoms. The van der Waals surface area contributed by atoms with Gasteiger partial charge in [0.05, 0.1) is 18.4 Å². The SMILES string of the molecule is COc1cc(F)c(CN2CCc3nc(S(C)(=O)=O)[nH]c(=O)c3C2)c(F)c1. The lowest BCUT2D eigenvalue weighted by Gasteiger charge is -2.27. The van der Waals surface area contributed by atoms with Crippen molar-refractivity contribution in [2.45, 2.75) is 24.7 Å². The summed E-state index contributed by atoms with van der Waals surface area (Å²) in [5.74, 6) is -1.37. The first kappa shape index (κ1) is 18.5. The predicted octanol–water partition coefficient (Wildman–Crippen LogP) is 1.02. The fraction of sp³-hybridized carbons (Fsp3) is 0.375. The van der Waals surface area contributed by atoms with Gasteiger partial charge in [-0.25, -0.2) is 22.2 Å². The highest BCUT2D eigenvalue weighted by Crippen LogP contribution is 2.24. The Balaban J connectivity index is 1.87. The molecule has 7 nitrogen and oxygen atoms in total. The number of rotatable bonds is 4. The zero-order valence-electron chi connectivity index (χ0n) is 14.2. The van der Waals surface area contributed by atoms with E-state index in [1.807, 2.05) is 0 Å². The third-order valence-electron chi connectivity index (χ3n) is 4.21. The zero-order valence-corrected chi connectivity index (χ0v) is 15.0. The molecule has 0 saturated carbocycles. The summed E-state index contributed by atoms with van der Waals surface area (Å²) in [7, 11) is -2.31. The molecular weight excluding hydrogens is 368 g/mol. The number of aromatic nitrogens is 2. The molecule has 0 atom stereocenters. The first-order chi connectivity index (χ1) is 12.2. The van der Waals surface area contributed by atoms with Crippen molar-refractivity contribution in [1.82, 2.24) is 14.9 Å². The van der Waals surface area contributed by atoms with E-state index >= 15 is 0 Å². The van der Waals surface area contributed by atoms with Gasteiger partial charge in [-0.1, -0.05) is 0 Å². The molecule has 1 N–H and O–H groups in total. The number of hydrogen-bond acceptors (Lipinski definition) is 6. The van der Waals surface area contributed by atoms with Gasteiger partial charge in [0.2, 0.25) is 15.0 Å². The van der Waals surface area contributed by atoms with Gasteiger partial charge in [0.25, 0.3) is 5.56 Å². The first-order valence-electron chi connectivity index (χ1n) is 7.75. The highest BCUT2D eigenvalue weighted by molar-refractivity contribution is 7.90. The molecule has 0 aliphatic carbocycles.